The van der Waals surface area contributed by atoms with Crippen LogP contribution in [-0.2, 0) is 14.4 Å². The monoisotopic (exact) mass is 447 g/mol. The van der Waals surface area contributed by atoms with E-state index in [9.17, 15) is 14.4 Å². The first kappa shape index (κ1) is 19.4. The summed E-state index contributed by atoms with van der Waals surface area (Å²) in [6, 6.07) is 12.9. The molecule has 0 spiro atoms. The zero-order valence-corrected chi connectivity index (χ0v) is 16.9. The topological polar surface area (TPSA) is 87.3 Å². The predicted octanol–water partition coefficient (Wildman–Crippen LogP) is 3.32. The van der Waals surface area contributed by atoms with Crippen LogP contribution in [0.15, 0.2) is 51.8 Å². The van der Waals surface area contributed by atoms with E-state index in [1.165, 1.54) is 11.8 Å². The minimum Gasteiger partial charge on any atom is -0.347 e. The summed E-state index contributed by atoms with van der Waals surface area (Å²) in [6.45, 7) is 1.77. The van der Waals surface area contributed by atoms with Crippen LogP contribution in [0.2, 0.25) is 0 Å². The Bertz CT molecular complexity index is 904. The molecular weight excluding hydrogens is 430 g/mol. The highest BCUT2D eigenvalue weighted by Gasteiger charge is 2.28. The van der Waals surface area contributed by atoms with Gasteiger partial charge in [-0.15, -0.1) is 11.8 Å². The molecule has 3 amide bonds. The van der Waals surface area contributed by atoms with Crippen molar-refractivity contribution in [3.63, 3.8) is 0 Å². The zero-order chi connectivity index (χ0) is 19.4. The van der Waals surface area contributed by atoms with Gasteiger partial charge in [0.1, 0.15) is 0 Å². The Kier molecular flexibility index (Phi) is 6.18. The van der Waals surface area contributed by atoms with Gasteiger partial charge in [-0.25, -0.2) is 0 Å². The Morgan fingerprint density at radius 2 is 1.96 bits per heavy atom. The van der Waals surface area contributed by atoms with Gasteiger partial charge in [0.05, 0.1) is 17.5 Å². The lowest BCUT2D eigenvalue weighted by Crippen LogP contribution is -2.37. The lowest BCUT2D eigenvalue weighted by Gasteiger charge is -2.23. The fraction of sp³-hybridized carbons (Fsp3) is 0.211. The van der Waals surface area contributed by atoms with Crippen molar-refractivity contribution in [3.8, 4) is 0 Å². The number of nitrogens with one attached hydrogen (secondary N) is 3. The molecule has 2 aromatic rings. The highest BCUT2D eigenvalue weighted by atomic mass is 79.9. The van der Waals surface area contributed by atoms with E-state index >= 15 is 0 Å². The number of halogens is 1. The maximum absolute atomic E-state index is 12.1. The highest BCUT2D eigenvalue weighted by molar-refractivity contribution is 9.10. The number of hydrogen-bond acceptors (Lipinski definition) is 4. The van der Waals surface area contributed by atoms with E-state index in [2.05, 4.69) is 31.9 Å². The van der Waals surface area contributed by atoms with Crippen LogP contribution in [0.1, 0.15) is 12.0 Å². The van der Waals surface area contributed by atoms with Gasteiger partial charge >= 0.3 is 0 Å². The van der Waals surface area contributed by atoms with E-state index in [-0.39, 0.29) is 30.7 Å². The number of para-hydroxylation sites is 1. The zero-order valence-electron chi connectivity index (χ0n) is 14.5. The molecule has 0 fully saturated rings. The molecule has 1 unspecified atom stereocenters. The normalized spacial score (nSPS) is 15.5. The summed E-state index contributed by atoms with van der Waals surface area (Å²) in [4.78, 5) is 37.2. The van der Waals surface area contributed by atoms with Gasteiger partial charge in [0.15, 0.2) is 0 Å². The summed E-state index contributed by atoms with van der Waals surface area (Å²) < 4.78 is 0.957. The molecule has 0 aliphatic carbocycles. The molecular formula is C19H18BrN3O3S. The first-order valence-electron chi connectivity index (χ1n) is 8.31. The first-order valence-corrected chi connectivity index (χ1v) is 9.99. The number of rotatable bonds is 5. The second kappa shape index (κ2) is 8.58. The van der Waals surface area contributed by atoms with Crippen LogP contribution in [0.3, 0.4) is 0 Å². The van der Waals surface area contributed by atoms with Gasteiger partial charge in [0, 0.05) is 21.5 Å². The molecule has 8 heteroatoms. The number of carbonyl (C=O) groups is 3. The van der Waals surface area contributed by atoms with Crippen LogP contribution in [0, 0.1) is 6.92 Å². The van der Waals surface area contributed by atoms with Gasteiger partial charge in [-0.05, 0) is 42.8 Å². The van der Waals surface area contributed by atoms with E-state index in [0.29, 0.717) is 5.69 Å². The predicted molar refractivity (Wildman–Crippen MR) is 110 cm³/mol. The molecule has 0 bridgehead atoms. The van der Waals surface area contributed by atoms with Crippen molar-refractivity contribution < 1.29 is 14.4 Å². The standard InChI is InChI=1S/C19H18BrN3O3S/c1-11-8-12(6-7-13(11)20)22-18(25)10-21-17(24)9-16-19(26)23-14-4-2-3-5-15(14)27-16/h2-8,16H,9-10H2,1H3,(H,21,24)(H,22,25)(H,23,26). The van der Waals surface area contributed by atoms with Gasteiger partial charge in [-0.1, -0.05) is 28.1 Å². The minimum atomic E-state index is -0.517. The van der Waals surface area contributed by atoms with E-state index in [0.717, 1.165) is 20.6 Å². The van der Waals surface area contributed by atoms with Gasteiger partial charge in [-0.3, -0.25) is 14.4 Å². The fourth-order valence-corrected chi connectivity index (χ4v) is 3.93. The number of anilines is 2. The maximum Gasteiger partial charge on any atom is 0.243 e. The number of aryl methyl sites for hydroxylation is 1. The number of thioether (sulfide) groups is 1. The molecule has 2 aromatic carbocycles. The number of hydrogen-bond donors (Lipinski definition) is 3. The molecule has 0 saturated heterocycles. The van der Waals surface area contributed by atoms with Crippen molar-refractivity contribution in [1.82, 2.24) is 5.32 Å². The number of amides is 3. The van der Waals surface area contributed by atoms with Crippen LogP contribution in [0.4, 0.5) is 11.4 Å². The summed E-state index contributed by atoms with van der Waals surface area (Å²) >= 11 is 4.76. The van der Waals surface area contributed by atoms with Crippen molar-refractivity contribution in [1.29, 1.82) is 0 Å². The van der Waals surface area contributed by atoms with Crippen molar-refractivity contribution in [2.45, 2.75) is 23.5 Å². The molecule has 1 aliphatic rings. The van der Waals surface area contributed by atoms with Crippen LogP contribution in [-0.4, -0.2) is 29.5 Å². The lowest BCUT2D eigenvalue weighted by atomic mass is 10.2. The third-order valence-electron chi connectivity index (χ3n) is 3.97. The van der Waals surface area contributed by atoms with Crippen molar-refractivity contribution in [2.24, 2.45) is 0 Å². The third-order valence-corrected chi connectivity index (χ3v) is 6.13. The second-order valence-electron chi connectivity index (χ2n) is 6.08. The van der Waals surface area contributed by atoms with Crippen LogP contribution in [0.5, 0.6) is 0 Å². The summed E-state index contributed by atoms with van der Waals surface area (Å²) in [5.41, 5.74) is 2.42. The largest absolute Gasteiger partial charge is 0.347 e. The van der Waals surface area contributed by atoms with E-state index < -0.39 is 5.25 Å². The van der Waals surface area contributed by atoms with E-state index in [1.54, 1.807) is 6.07 Å². The molecule has 0 aromatic heterocycles. The van der Waals surface area contributed by atoms with E-state index in [4.69, 9.17) is 0 Å². The van der Waals surface area contributed by atoms with Gasteiger partial charge in [0.2, 0.25) is 17.7 Å². The van der Waals surface area contributed by atoms with Crippen molar-refractivity contribution in [3.05, 3.63) is 52.5 Å². The Hall–Kier alpha value is -2.32. The maximum atomic E-state index is 12.1. The number of fused-ring (bicyclic) bond motifs is 1. The second-order valence-corrected chi connectivity index (χ2v) is 8.18. The quantitative estimate of drug-likeness (QED) is 0.655. The Morgan fingerprint density at radius 3 is 2.74 bits per heavy atom. The Labute approximate surface area is 169 Å². The molecule has 140 valence electrons. The highest BCUT2D eigenvalue weighted by Crippen LogP contribution is 2.36. The van der Waals surface area contributed by atoms with E-state index in [1.807, 2.05) is 43.3 Å². The fourth-order valence-electron chi connectivity index (χ4n) is 2.57. The summed E-state index contributed by atoms with van der Waals surface area (Å²) in [5.74, 6) is -0.871. The minimum absolute atomic E-state index is 0.00943. The molecule has 1 heterocycles. The van der Waals surface area contributed by atoms with Crippen LogP contribution >= 0.6 is 27.7 Å². The van der Waals surface area contributed by atoms with Gasteiger partial charge < -0.3 is 16.0 Å². The van der Waals surface area contributed by atoms with Gasteiger partial charge in [-0.2, -0.15) is 0 Å². The molecule has 27 heavy (non-hydrogen) atoms. The van der Waals surface area contributed by atoms with Crippen molar-refractivity contribution >= 4 is 56.8 Å². The molecule has 3 N–H and O–H groups in total. The smallest absolute Gasteiger partial charge is 0.243 e. The third kappa shape index (κ3) is 5.11. The van der Waals surface area contributed by atoms with Crippen LogP contribution < -0.4 is 16.0 Å². The lowest BCUT2D eigenvalue weighted by molar-refractivity contribution is -0.125. The first-order chi connectivity index (χ1) is 12.9. The molecule has 0 saturated carbocycles. The summed E-state index contributed by atoms with van der Waals surface area (Å²) in [6.07, 6.45) is 0.00943. The average molecular weight is 448 g/mol. The van der Waals surface area contributed by atoms with Crippen molar-refractivity contribution in [2.75, 3.05) is 17.2 Å². The molecule has 1 aliphatic heterocycles. The molecule has 3 rings (SSSR count). The van der Waals surface area contributed by atoms with Crippen LogP contribution in [0.25, 0.3) is 0 Å². The summed E-state index contributed by atoms with van der Waals surface area (Å²) in [5, 5.41) is 7.58. The SMILES string of the molecule is Cc1cc(NC(=O)CNC(=O)CC2Sc3ccccc3NC2=O)ccc1Br. The molecule has 0 radical (unpaired) electrons. The Morgan fingerprint density at radius 1 is 1.19 bits per heavy atom. The Balaban J connectivity index is 1.49. The number of benzene rings is 2. The van der Waals surface area contributed by atoms with Gasteiger partial charge in [0.25, 0.3) is 0 Å². The summed E-state index contributed by atoms with van der Waals surface area (Å²) in [7, 11) is 0. The number of carbonyl (C=O) groups excluding carboxylic acids is 3. The molecule has 6 nitrogen and oxygen atoms in total. The molecule has 1 atom stereocenters. The average Bonchev–Trinajstić information content (AvgIpc) is 2.64.